The van der Waals surface area contributed by atoms with Gasteiger partial charge in [0.25, 0.3) is 5.91 Å². The van der Waals surface area contributed by atoms with Crippen LogP contribution in [0.25, 0.3) is 5.70 Å². The summed E-state index contributed by atoms with van der Waals surface area (Å²) < 4.78 is 0. The molecule has 0 saturated carbocycles. The number of nitrogens with one attached hydrogen (secondary N) is 1. The highest BCUT2D eigenvalue weighted by Crippen LogP contribution is 2.30. The first-order valence-corrected chi connectivity index (χ1v) is 10.4. The largest absolute Gasteiger partial charge is 0.346 e. The van der Waals surface area contributed by atoms with Crippen molar-refractivity contribution in [3.8, 4) is 0 Å². The molecule has 30 heavy (non-hydrogen) atoms. The van der Waals surface area contributed by atoms with Gasteiger partial charge in [0.05, 0.1) is 6.04 Å². The number of nitrogens with zero attached hydrogens (tertiary/aromatic N) is 3. The van der Waals surface area contributed by atoms with Crippen molar-refractivity contribution >= 4 is 17.5 Å². The van der Waals surface area contributed by atoms with Gasteiger partial charge in [-0.15, -0.1) is 0 Å². The van der Waals surface area contributed by atoms with Gasteiger partial charge in [0, 0.05) is 49.5 Å². The maximum absolute atomic E-state index is 12.9. The van der Waals surface area contributed by atoms with E-state index in [9.17, 15) is 9.59 Å². The number of hydrogen-bond acceptors (Lipinski definition) is 4. The molecule has 2 heterocycles. The lowest BCUT2D eigenvalue weighted by atomic mass is 10.1. The Labute approximate surface area is 177 Å². The molecule has 6 nitrogen and oxygen atoms in total. The zero-order valence-corrected chi connectivity index (χ0v) is 17.4. The standard InChI is InChI=1S/C24H28N4O2/c1-18-20-10-6-7-11-21(20)24(30)28(18)17-23(29)25-22(19-8-4-3-5-9-19)16-27-14-12-26(2)13-15-27/h3-11,22H,1,12-17H2,2H3,(H,25,29). The Hall–Kier alpha value is -2.96. The zero-order valence-electron chi connectivity index (χ0n) is 17.4. The average molecular weight is 405 g/mol. The van der Waals surface area contributed by atoms with Crippen molar-refractivity contribution in [1.29, 1.82) is 0 Å². The second-order valence-electron chi connectivity index (χ2n) is 8.02. The third-order valence-corrected chi connectivity index (χ3v) is 5.91. The summed E-state index contributed by atoms with van der Waals surface area (Å²) in [5.74, 6) is -0.346. The SMILES string of the molecule is C=C1c2ccccc2C(=O)N1CC(=O)NC(CN1CCN(C)CC1)c1ccccc1. The molecule has 2 aromatic rings. The molecular weight excluding hydrogens is 376 g/mol. The van der Waals surface area contributed by atoms with E-state index in [1.807, 2.05) is 48.5 Å². The van der Waals surface area contributed by atoms with Crippen molar-refractivity contribution in [3.63, 3.8) is 0 Å². The van der Waals surface area contributed by atoms with Crippen molar-refractivity contribution in [2.24, 2.45) is 0 Å². The fourth-order valence-corrected chi connectivity index (χ4v) is 4.09. The minimum atomic E-state index is -0.180. The van der Waals surface area contributed by atoms with Crippen LogP contribution in [0.15, 0.2) is 61.2 Å². The highest BCUT2D eigenvalue weighted by atomic mass is 16.2. The van der Waals surface area contributed by atoms with E-state index in [0.717, 1.165) is 43.9 Å². The van der Waals surface area contributed by atoms with E-state index in [-0.39, 0.29) is 24.4 Å². The van der Waals surface area contributed by atoms with Crippen LogP contribution in [0.3, 0.4) is 0 Å². The molecule has 1 N–H and O–H groups in total. The second-order valence-corrected chi connectivity index (χ2v) is 8.02. The summed E-state index contributed by atoms with van der Waals surface area (Å²) in [5.41, 5.74) is 3.06. The second kappa shape index (κ2) is 8.81. The molecule has 4 rings (SSSR count). The summed E-state index contributed by atoms with van der Waals surface area (Å²) in [7, 11) is 2.13. The Balaban J connectivity index is 1.44. The Kier molecular flexibility index (Phi) is 5.97. The molecule has 2 aliphatic heterocycles. The lowest BCUT2D eigenvalue weighted by Gasteiger charge is -2.35. The van der Waals surface area contributed by atoms with Gasteiger partial charge in [-0.25, -0.2) is 0 Å². The first-order chi connectivity index (χ1) is 14.5. The minimum absolute atomic E-state index is 0.0293. The Bertz CT molecular complexity index is 900. The normalized spacial score (nSPS) is 18.4. The van der Waals surface area contributed by atoms with Crippen molar-refractivity contribution in [2.45, 2.75) is 6.04 Å². The highest BCUT2D eigenvalue weighted by molar-refractivity contribution is 6.10. The van der Waals surface area contributed by atoms with Crippen molar-refractivity contribution in [1.82, 2.24) is 20.0 Å². The summed E-state index contributed by atoms with van der Waals surface area (Å²) in [5, 5.41) is 3.16. The molecule has 1 atom stereocenters. The number of fused-ring (bicyclic) bond motifs is 1. The summed E-state index contributed by atoms with van der Waals surface area (Å²) in [6, 6.07) is 17.2. The van der Waals surface area contributed by atoms with E-state index < -0.39 is 0 Å². The highest BCUT2D eigenvalue weighted by Gasteiger charge is 2.32. The molecule has 1 unspecified atom stereocenters. The number of benzene rings is 2. The molecule has 1 fully saturated rings. The van der Waals surface area contributed by atoms with Gasteiger partial charge < -0.3 is 10.2 Å². The Morgan fingerprint density at radius 1 is 1.00 bits per heavy atom. The summed E-state index contributed by atoms with van der Waals surface area (Å²) in [4.78, 5) is 31.8. The lowest BCUT2D eigenvalue weighted by Crippen LogP contribution is -2.48. The smallest absolute Gasteiger partial charge is 0.259 e. The van der Waals surface area contributed by atoms with Crippen molar-refractivity contribution < 1.29 is 9.59 Å². The molecule has 0 aliphatic carbocycles. The van der Waals surface area contributed by atoms with Crippen LogP contribution in [-0.4, -0.2) is 72.8 Å². The number of hydrogen-bond donors (Lipinski definition) is 1. The maximum Gasteiger partial charge on any atom is 0.259 e. The minimum Gasteiger partial charge on any atom is -0.346 e. The van der Waals surface area contributed by atoms with Gasteiger partial charge in [-0.3, -0.25) is 19.4 Å². The quantitative estimate of drug-likeness (QED) is 0.802. The number of rotatable bonds is 6. The molecule has 0 radical (unpaired) electrons. The van der Waals surface area contributed by atoms with E-state index in [2.05, 4.69) is 28.7 Å². The first-order valence-electron chi connectivity index (χ1n) is 10.4. The van der Waals surface area contributed by atoms with E-state index >= 15 is 0 Å². The van der Waals surface area contributed by atoms with Crippen LogP contribution < -0.4 is 5.32 Å². The molecule has 6 heteroatoms. The monoisotopic (exact) mass is 404 g/mol. The third-order valence-electron chi connectivity index (χ3n) is 5.91. The van der Waals surface area contributed by atoms with Crippen LogP contribution in [0.2, 0.25) is 0 Å². The van der Waals surface area contributed by atoms with Crippen LogP contribution >= 0.6 is 0 Å². The van der Waals surface area contributed by atoms with Gasteiger partial charge in [0.2, 0.25) is 5.91 Å². The van der Waals surface area contributed by atoms with E-state index in [1.54, 1.807) is 6.07 Å². The molecular formula is C24H28N4O2. The van der Waals surface area contributed by atoms with E-state index in [4.69, 9.17) is 0 Å². The summed E-state index contributed by atoms with van der Waals surface area (Å²) in [6.45, 7) is 8.75. The molecule has 0 bridgehead atoms. The fourth-order valence-electron chi connectivity index (χ4n) is 4.09. The molecule has 2 amide bonds. The third kappa shape index (κ3) is 4.30. The lowest BCUT2D eigenvalue weighted by molar-refractivity contribution is -0.122. The molecule has 156 valence electrons. The van der Waals surface area contributed by atoms with Gasteiger partial charge in [-0.1, -0.05) is 55.1 Å². The Morgan fingerprint density at radius 3 is 2.30 bits per heavy atom. The van der Waals surface area contributed by atoms with E-state index in [1.165, 1.54) is 4.90 Å². The maximum atomic E-state index is 12.9. The summed E-state index contributed by atoms with van der Waals surface area (Å²) in [6.07, 6.45) is 0. The van der Waals surface area contributed by atoms with Gasteiger partial charge in [-0.2, -0.15) is 0 Å². The predicted molar refractivity (Wildman–Crippen MR) is 118 cm³/mol. The Morgan fingerprint density at radius 2 is 1.63 bits per heavy atom. The van der Waals surface area contributed by atoms with Crippen LogP contribution in [0, 0.1) is 0 Å². The average Bonchev–Trinajstić information content (AvgIpc) is 3.00. The van der Waals surface area contributed by atoms with E-state index in [0.29, 0.717) is 11.3 Å². The summed E-state index contributed by atoms with van der Waals surface area (Å²) >= 11 is 0. The topological polar surface area (TPSA) is 55.9 Å². The molecule has 2 aromatic carbocycles. The van der Waals surface area contributed by atoms with Gasteiger partial charge >= 0.3 is 0 Å². The first kappa shape index (κ1) is 20.3. The fraction of sp³-hybridized carbons (Fsp3) is 0.333. The number of carbonyl (C=O) groups is 2. The van der Waals surface area contributed by atoms with Crippen LogP contribution in [0.5, 0.6) is 0 Å². The molecule has 2 aliphatic rings. The number of likely N-dealkylation sites (N-methyl/N-ethyl adjacent to an activating group) is 1. The molecule has 1 saturated heterocycles. The van der Waals surface area contributed by atoms with Crippen molar-refractivity contribution in [2.75, 3.05) is 46.3 Å². The number of carbonyl (C=O) groups excluding carboxylic acids is 2. The van der Waals surface area contributed by atoms with Crippen LogP contribution in [0.4, 0.5) is 0 Å². The zero-order chi connectivity index (χ0) is 21.1. The van der Waals surface area contributed by atoms with Crippen LogP contribution in [-0.2, 0) is 4.79 Å². The predicted octanol–water partition coefficient (Wildman–Crippen LogP) is 2.22. The molecule has 0 aromatic heterocycles. The van der Waals surface area contributed by atoms with Gasteiger partial charge in [0.15, 0.2) is 0 Å². The van der Waals surface area contributed by atoms with Gasteiger partial charge in [-0.05, 0) is 18.7 Å². The van der Waals surface area contributed by atoms with Gasteiger partial charge in [0.1, 0.15) is 6.54 Å². The number of amides is 2. The number of piperazine rings is 1. The van der Waals surface area contributed by atoms with Crippen LogP contribution in [0.1, 0.15) is 27.5 Å². The molecule has 0 spiro atoms. The van der Waals surface area contributed by atoms with Crippen molar-refractivity contribution in [3.05, 3.63) is 77.9 Å².